The predicted octanol–water partition coefficient (Wildman–Crippen LogP) is 2.98. The lowest BCUT2D eigenvalue weighted by Crippen LogP contribution is -2.48. The van der Waals surface area contributed by atoms with E-state index in [0.29, 0.717) is 49.5 Å². The maximum absolute atomic E-state index is 12.9. The lowest BCUT2D eigenvalue weighted by molar-refractivity contribution is -0.132. The number of carbonyl (C=O) groups is 2. The van der Waals surface area contributed by atoms with Crippen LogP contribution in [-0.4, -0.2) is 43.7 Å². The van der Waals surface area contributed by atoms with Crippen LogP contribution in [0.25, 0.3) is 0 Å². The van der Waals surface area contributed by atoms with Crippen LogP contribution in [0, 0.1) is 5.41 Å². The number of nitrogens with one attached hydrogen (secondary N) is 1. The first-order valence-electron chi connectivity index (χ1n) is 10.1. The number of piperidine rings is 1. The molecule has 1 fully saturated rings. The zero-order valence-corrected chi connectivity index (χ0v) is 17.3. The Morgan fingerprint density at radius 3 is 2.47 bits per heavy atom. The van der Waals surface area contributed by atoms with Crippen LogP contribution in [0.15, 0.2) is 42.5 Å². The molecule has 2 aliphatic heterocycles. The molecule has 0 saturated carbocycles. The average Bonchev–Trinajstić information content (AvgIpc) is 3.25. The maximum Gasteiger partial charge on any atom is 0.253 e. The minimum Gasteiger partial charge on any atom is -0.497 e. The first-order valence-corrected chi connectivity index (χ1v) is 10.1. The number of likely N-dealkylation sites (tertiary alicyclic amines) is 1. The molecule has 0 aromatic heterocycles. The Labute approximate surface area is 175 Å². The second kappa shape index (κ2) is 8.26. The highest BCUT2D eigenvalue weighted by Crippen LogP contribution is 2.35. The second-order valence-electron chi connectivity index (χ2n) is 7.95. The Kier molecular flexibility index (Phi) is 5.53. The number of carbonyl (C=O) groups excluding carboxylic acids is 2. The first-order chi connectivity index (χ1) is 14.5. The van der Waals surface area contributed by atoms with E-state index in [1.807, 2.05) is 31.2 Å². The van der Waals surface area contributed by atoms with Gasteiger partial charge in [-0.25, -0.2) is 0 Å². The number of benzene rings is 2. The van der Waals surface area contributed by atoms with Crippen molar-refractivity contribution >= 4 is 11.8 Å². The lowest BCUT2D eigenvalue weighted by atomic mass is 9.79. The van der Waals surface area contributed by atoms with Gasteiger partial charge in [-0.3, -0.25) is 9.59 Å². The lowest BCUT2D eigenvalue weighted by Gasteiger charge is -2.38. The number of ether oxygens (including phenoxy) is 3. The van der Waals surface area contributed by atoms with E-state index < -0.39 is 5.41 Å². The fraction of sp³-hybridized carbons (Fsp3) is 0.391. The van der Waals surface area contributed by atoms with Gasteiger partial charge in [0.05, 0.1) is 7.11 Å². The van der Waals surface area contributed by atoms with Crippen molar-refractivity contribution in [2.75, 3.05) is 27.0 Å². The molecule has 0 spiro atoms. The molecule has 4 rings (SSSR count). The van der Waals surface area contributed by atoms with E-state index in [4.69, 9.17) is 14.2 Å². The molecule has 7 heteroatoms. The van der Waals surface area contributed by atoms with Crippen molar-refractivity contribution in [3.05, 3.63) is 53.6 Å². The van der Waals surface area contributed by atoms with Crippen LogP contribution < -0.4 is 19.5 Å². The van der Waals surface area contributed by atoms with E-state index in [1.54, 1.807) is 30.2 Å². The fourth-order valence-electron chi connectivity index (χ4n) is 3.78. The third kappa shape index (κ3) is 4.06. The van der Waals surface area contributed by atoms with Gasteiger partial charge in [-0.05, 0) is 48.7 Å². The Bertz CT molecular complexity index is 933. The SMILES string of the molecule is COc1ccc(CNC(=O)C2(C)CCN(C(=O)c3ccc4c(c3)OCO4)CC2)cc1. The van der Waals surface area contributed by atoms with Crippen molar-refractivity contribution in [3.63, 3.8) is 0 Å². The zero-order chi connectivity index (χ0) is 21.1. The molecule has 0 atom stereocenters. The van der Waals surface area contributed by atoms with E-state index in [2.05, 4.69) is 5.32 Å². The molecule has 2 aliphatic rings. The van der Waals surface area contributed by atoms with Crippen LogP contribution in [0.4, 0.5) is 0 Å². The third-order valence-corrected chi connectivity index (χ3v) is 5.93. The molecule has 7 nitrogen and oxygen atoms in total. The van der Waals surface area contributed by atoms with Gasteiger partial charge in [0.2, 0.25) is 12.7 Å². The topological polar surface area (TPSA) is 77.1 Å². The summed E-state index contributed by atoms with van der Waals surface area (Å²) in [6.45, 7) is 3.71. The largest absolute Gasteiger partial charge is 0.497 e. The number of fused-ring (bicyclic) bond motifs is 1. The smallest absolute Gasteiger partial charge is 0.253 e. The van der Waals surface area contributed by atoms with Gasteiger partial charge in [-0.2, -0.15) is 0 Å². The molecule has 0 bridgehead atoms. The summed E-state index contributed by atoms with van der Waals surface area (Å²) >= 11 is 0. The summed E-state index contributed by atoms with van der Waals surface area (Å²) in [4.78, 5) is 27.5. The molecule has 1 saturated heterocycles. The van der Waals surface area contributed by atoms with Gasteiger partial charge >= 0.3 is 0 Å². The van der Waals surface area contributed by atoms with Gasteiger partial charge < -0.3 is 24.4 Å². The fourth-order valence-corrected chi connectivity index (χ4v) is 3.78. The highest BCUT2D eigenvalue weighted by atomic mass is 16.7. The van der Waals surface area contributed by atoms with E-state index in [1.165, 1.54) is 0 Å². The molecule has 0 radical (unpaired) electrons. The van der Waals surface area contributed by atoms with E-state index in [-0.39, 0.29) is 18.6 Å². The maximum atomic E-state index is 12.9. The Morgan fingerprint density at radius 2 is 1.77 bits per heavy atom. The molecular weight excluding hydrogens is 384 g/mol. The minimum atomic E-state index is -0.488. The van der Waals surface area contributed by atoms with Crippen molar-refractivity contribution in [1.82, 2.24) is 10.2 Å². The Hall–Kier alpha value is -3.22. The van der Waals surface area contributed by atoms with Crippen molar-refractivity contribution in [2.45, 2.75) is 26.3 Å². The first kappa shape index (κ1) is 20.1. The molecule has 158 valence electrons. The summed E-state index contributed by atoms with van der Waals surface area (Å²) in [7, 11) is 1.63. The highest BCUT2D eigenvalue weighted by Gasteiger charge is 2.38. The molecular formula is C23H26N2O5. The summed E-state index contributed by atoms with van der Waals surface area (Å²) in [6, 6.07) is 12.9. The number of nitrogens with zero attached hydrogens (tertiary/aromatic N) is 1. The number of hydrogen-bond donors (Lipinski definition) is 1. The van der Waals surface area contributed by atoms with Crippen LogP contribution in [0.5, 0.6) is 17.2 Å². The van der Waals surface area contributed by atoms with Gasteiger partial charge in [0, 0.05) is 30.6 Å². The van der Waals surface area contributed by atoms with Gasteiger partial charge in [0.1, 0.15) is 5.75 Å². The summed E-state index contributed by atoms with van der Waals surface area (Å²) in [5.74, 6) is 2.02. The predicted molar refractivity (Wildman–Crippen MR) is 111 cm³/mol. The van der Waals surface area contributed by atoms with Crippen LogP contribution in [0.2, 0.25) is 0 Å². The van der Waals surface area contributed by atoms with E-state index in [9.17, 15) is 9.59 Å². The van der Waals surface area contributed by atoms with Crippen LogP contribution >= 0.6 is 0 Å². The molecule has 0 unspecified atom stereocenters. The normalized spacial score (nSPS) is 16.8. The van der Waals surface area contributed by atoms with Gasteiger partial charge in [0.15, 0.2) is 11.5 Å². The minimum absolute atomic E-state index is 0.0218. The molecule has 2 aromatic carbocycles. The van der Waals surface area contributed by atoms with Gasteiger partial charge in [0.25, 0.3) is 5.91 Å². The summed E-state index contributed by atoms with van der Waals surface area (Å²) in [5, 5.41) is 3.04. The number of rotatable bonds is 5. The summed E-state index contributed by atoms with van der Waals surface area (Å²) < 4.78 is 15.8. The van der Waals surface area contributed by atoms with Crippen LogP contribution in [0.1, 0.15) is 35.7 Å². The van der Waals surface area contributed by atoms with Crippen LogP contribution in [0.3, 0.4) is 0 Å². The van der Waals surface area contributed by atoms with Crippen molar-refractivity contribution in [3.8, 4) is 17.2 Å². The molecule has 2 heterocycles. The molecule has 2 amide bonds. The van der Waals surface area contributed by atoms with E-state index in [0.717, 1.165) is 11.3 Å². The summed E-state index contributed by atoms with van der Waals surface area (Å²) in [6.07, 6.45) is 1.25. The van der Waals surface area contributed by atoms with Gasteiger partial charge in [-0.15, -0.1) is 0 Å². The molecule has 30 heavy (non-hydrogen) atoms. The molecule has 0 aliphatic carbocycles. The van der Waals surface area contributed by atoms with Crippen molar-refractivity contribution < 1.29 is 23.8 Å². The molecule has 1 N–H and O–H groups in total. The van der Waals surface area contributed by atoms with Crippen LogP contribution in [-0.2, 0) is 11.3 Å². The highest BCUT2D eigenvalue weighted by molar-refractivity contribution is 5.95. The second-order valence-corrected chi connectivity index (χ2v) is 7.95. The van der Waals surface area contributed by atoms with Gasteiger partial charge in [-0.1, -0.05) is 19.1 Å². The number of methoxy groups -OCH3 is 1. The standard InChI is InChI=1S/C23H26N2O5/c1-23(22(27)24-14-16-3-6-18(28-2)7-4-16)9-11-25(12-10-23)21(26)17-5-8-19-20(13-17)30-15-29-19/h3-8,13H,9-12,14-15H2,1-2H3,(H,24,27). The number of amides is 2. The quantitative estimate of drug-likeness (QED) is 0.820. The van der Waals surface area contributed by atoms with E-state index >= 15 is 0 Å². The third-order valence-electron chi connectivity index (χ3n) is 5.93. The Balaban J connectivity index is 1.32. The van der Waals surface area contributed by atoms with Crippen molar-refractivity contribution in [1.29, 1.82) is 0 Å². The molecule has 2 aromatic rings. The Morgan fingerprint density at radius 1 is 1.07 bits per heavy atom. The zero-order valence-electron chi connectivity index (χ0n) is 17.3. The van der Waals surface area contributed by atoms with Crippen molar-refractivity contribution in [2.24, 2.45) is 5.41 Å². The summed E-state index contributed by atoms with van der Waals surface area (Å²) in [5.41, 5.74) is 1.10. The monoisotopic (exact) mass is 410 g/mol. The average molecular weight is 410 g/mol. The number of hydrogen-bond acceptors (Lipinski definition) is 5.